The molecule has 2 saturated heterocycles. The van der Waals surface area contributed by atoms with Gasteiger partial charge in [-0.05, 0) is 37.1 Å². The number of rotatable bonds is 2. The van der Waals surface area contributed by atoms with E-state index in [9.17, 15) is 0 Å². The van der Waals surface area contributed by atoms with E-state index < -0.39 is 0 Å². The van der Waals surface area contributed by atoms with Gasteiger partial charge in [-0.1, -0.05) is 29.3 Å². The Morgan fingerprint density at radius 1 is 1.11 bits per heavy atom. The summed E-state index contributed by atoms with van der Waals surface area (Å²) in [6, 6.07) is 5.74. The number of nitrogens with one attached hydrogen (secondary N) is 1. The van der Waals surface area contributed by atoms with Gasteiger partial charge >= 0.3 is 0 Å². The van der Waals surface area contributed by atoms with Crippen molar-refractivity contribution in [2.75, 3.05) is 26.2 Å². The first-order valence-corrected chi connectivity index (χ1v) is 6.85. The Kier molecular flexibility index (Phi) is 4.79. The van der Waals surface area contributed by atoms with Crippen LogP contribution in [0.15, 0.2) is 18.2 Å². The fourth-order valence-electron chi connectivity index (χ4n) is 2.99. The van der Waals surface area contributed by atoms with E-state index in [1.54, 1.807) is 0 Å². The van der Waals surface area contributed by atoms with E-state index in [1.807, 2.05) is 18.2 Å². The minimum absolute atomic E-state index is 0. The Balaban J connectivity index is 0.00000120. The zero-order valence-electron chi connectivity index (χ0n) is 10.0. The van der Waals surface area contributed by atoms with Gasteiger partial charge in [-0.15, -0.1) is 12.4 Å². The summed E-state index contributed by atoms with van der Waals surface area (Å²) >= 11 is 12.4. The molecule has 0 unspecified atom stereocenters. The molecule has 0 aliphatic carbocycles. The third kappa shape index (κ3) is 2.78. The number of nitrogens with zero attached hydrogens (tertiary/aromatic N) is 1. The van der Waals surface area contributed by atoms with Crippen molar-refractivity contribution >= 4 is 35.6 Å². The summed E-state index contributed by atoms with van der Waals surface area (Å²) in [6.45, 7) is 5.54. The van der Waals surface area contributed by atoms with Crippen molar-refractivity contribution in [3.8, 4) is 0 Å². The lowest BCUT2D eigenvalue weighted by molar-refractivity contribution is 0.306. The van der Waals surface area contributed by atoms with Gasteiger partial charge in [0, 0.05) is 35.2 Å². The number of halogens is 3. The number of hydrogen-bond donors (Lipinski definition) is 1. The first kappa shape index (κ1) is 14.4. The second kappa shape index (κ2) is 5.98. The Labute approximate surface area is 124 Å². The molecule has 5 heteroatoms. The molecule has 18 heavy (non-hydrogen) atoms. The third-order valence-corrected chi connectivity index (χ3v) is 4.62. The first-order chi connectivity index (χ1) is 8.24. The lowest BCUT2D eigenvalue weighted by Crippen LogP contribution is -2.25. The largest absolute Gasteiger partial charge is 0.316 e. The van der Waals surface area contributed by atoms with Crippen molar-refractivity contribution in [3.05, 3.63) is 33.8 Å². The van der Waals surface area contributed by atoms with Gasteiger partial charge in [0.15, 0.2) is 0 Å². The van der Waals surface area contributed by atoms with Crippen LogP contribution in [0, 0.1) is 11.8 Å². The zero-order chi connectivity index (χ0) is 11.8. The van der Waals surface area contributed by atoms with Crippen LogP contribution >= 0.6 is 35.6 Å². The van der Waals surface area contributed by atoms with Crippen molar-refractivity contribution in [1.82, 2.24) is 10.2 Å². The Morgan fingerprint density at radius 3 is 2.22 bits per heavy atom. The van der Waals surface area contributed by atoms with Gasteiger partial charge < -0.3 is 5.32 Å². The number of fused-ring (bicyclic) bond motifs is 1. The molecule has 2 aliphatic rings. The molecule has 2 aliphatic heterocycles. The Bertz CT molecular complexity index is 392. The lowest BCUT2D eigenvalue weighted by atomic mass is 10.0. The molecule has 0 saturated carbocycles. The smallest absolute Gasteiger partial charge is 0.0465 e. The summed E-state index contributed by atoms with van der Waals surface area (Å²) in [5.74, 6) is 1.63. The molecule has 2 nitrogen and oxygen atoms in total. The van der Waals surface area contributed by atoms with Crippen molar-refractivity contribution in [1.29, 1.82) is 0 Å². The average Bonchev–Trinajstić information content (AvgIpc) is 2.83. The molecule has 1 aromatic rings. The topological polar surface area (TPSA) is 15.3 Å². The highest BCUT2D eigenvalue weighted by Gasteiger charge is 2.36. The molecule has 1 aromatic carbocycles. The molecular formula is C13H17Cl3N2. The number of hydrogen-bond acceptors (Lipinski definition) is 2. The summed E-state index contributed by atoms with van der Waals surface area (Å²) in [5.41, 5.74) is 1.07. The molecule has 100 valence electrons. The van der Waals surface area contributed by atoms with Crippen LogP contribution < -0.4 is 5.32 Å². The van der Waals surface area contributed by atoms with E-state index in [0.29, 0.717) is 0 Å². The summed E-state index contributed by atoms with van der Waals surface area (Å²) in [5, 5.41) is 5.02. The standard InChI is InChI=1S/C13H16Cl2N2.ClH/c14-12-2-1-3-13(15)11(12)8-17-6-9-4-16-5-10(9)7-17;/h1-3,9-10,16H,4-8H2;1H/t9-,10+;. The lowest BCUT2D eigenvalue weighted by Gasteiger charge is -2.18. The predicted octanol–water partition coefficient (Wildman–Crippen LogP) is 3.07. The summed E-state index contributed by atoms with van der Waals surface area (Å²) in [4.78, 5) is 2.48. The van der Waals surface area contributed by atoms with Crippen LogP contribution in [-0.4, -0.2) is 31.1 Å². The van der Waals surface area contributed by atoms with E-state index in [-0.39, 0.29) is 12.4 Å². The van der Waals surface area contributed by atoms with Crippen LogP contribution in [0.25, 0.3) is 0 Å². The molecule has 0 bridgehead atoms. The van der Waals surface area contributed by atoms with Gasteiger partial charge in [-0.3, -0.25) is 4.90 Å². The van der Waals surface area contributed by atoms with Crippen molar-refractivity contribution in [2.24, 2.45) is 11.8 Å². The fourth-order valence-corrected chi connectivity index (χ4v) is 3.51. The van der Waals surface area contributed by atoms with Gasteiger partial charge in [0.2, 0.25) is 0 Å². The maximum Gasteiger partial charge on any atom is 0.0465 e. The Morgan fingerprint density at radius 2 is 1.67 bits per heavy atom. The average molecular weight is 308 g/mol. The van der Waals surface area contributed by atoms with Crippen LogP contribution in [0.3, 0.4) is 0 Å². The van der Waals surface area contributed by atoms with Gasteiger partial charge in [-0.2, -0.15) is 0 Å². The SMILES string of the molecule is Cl.Clc1cccc(Cl)c1CN1C[C@H]2CNC[C@H]2C1. The van der Waals surface area contributed by atoms with E-state index >= 15 is 0 Å². The highest BCUT2D eigenvalue weighted by atomic mass is 35.5. The van der Waals surface area contributed by atoms with Gasteiger partial charge in [0.25, 0.3) is 0 Å². The zero-order valence-corrected chi connectivity index (χ0v) is 12.4. The molecule has 2 heterocycles. The van der Waals surface area contributed by atoms with Crippen molar-refractivity contribution in [2.45, 2.75) is 6.54 Å². The monoisotopic (exact) mass is 306 g/mol. The fraction of sp³-hybridized carbons (Fsp3) is 0.538. The minimum Gasteiger partial charge on any atom is -0.316 e. The van der Waals surface area contributed by atoms with Crippen LogP contribution in [0.2, 0.25) is 10.0 Å². The van der Waals surface area contributed by atoms with E-state index in [4.69, 9.17) is 23.2 Å². The van der Waals surface area contributed by atoms with E-state index in [2.05, 4.69) is 10.2 Å². The predicted molar refractivity (Wildman–Crippen MR) is 78.8 cm³/mol. The normalized spacial score (nSPS) is 27.0. The summed E-state index contributed by atoms with van der Waals surface area (Å²) < 4.78 is 0. The Hall–Kier alpha value is 0.01000. The van der Waals surface area contributed by atoms with Crippen LogP contribution in [-0.2, 0) is 6.54 Å². The van der Waals surface area contributed by atoms with Crippen LogP contribution in [0.4, 0.5) is 0 Å². The van der Waals surface area contributed by atoms with Crippen LogP contribution in [0.5, 0.6) is 0 Å². The van der Waals surface area contributed by atoms with Gasteiger partial charge in [0.1, 0.15) is 0 Å². The second-order valence-electron chi connectivity index (χ2n) is 5.07. The highest BCUT2D eigenvalue weighted by molar-refractivity contribution is 6.35. The quantitative estimate of drug-likeness (QED) is 0.903. The molecule has 3 rings (SSSR count). The molecule has 2 atom stereocenters. The number of likely N-dealkylation sites (tertiary alicyclic amines) is 1. The molecule has 2 fully saturated rings. The van der Waals surface area contributed by atoms with Crippen molar-refractivity contribution in [3.63, 3.8) is 0 Å². The second-order valence-corrected chi connectivity index (χ2v) is 5.89. The number of benzene rings is 1. The first-order valence-electron chi connectivity index (χ1n) is 6.10. The van der Waals surface area contributed by atoms with Gasteiger partial charge in [-0.25, -0.2) is 0 Å². The summed E-state index contributed by atoms with van der Waals surface area (Å²) in [7, 11) is 0. The van der Waals surface area contributed by atoms with Gasteiger partial charge in [0.05, 0.1) is 0 Å². The maximum absolute atomic E-state index is 6.21. The molecule has 1 N–H and O–H groups in total. The highest BCUT2D eigenvalue weighted by Crippen LogP contribution is 2.31. The minimum atomic E-state index is 0. The van der Waals surface area contributed by atoms with E-state index in [0.717, 1.165) is 47.1 Å². The molecule has 0 aromatic heterocycles. The molecule has 0 radical (unpaired) electrons. The maximum atomic E-state index is 6.21. The molecule has 0 amide bonds. The molecule has 0 spiro atoms. The van der Waals surface area contributed by atoms with Crippen LogP contribution in [0.1, 0.15) is 5.56 Å². The third-order valence-electron chi connectivity index (χ3n) is 3.91. The summed E-state index contributed by atoms with van der Waals surface area (Å²) in [6.07, 6.45) is 0. The van der Waals surface area contributed by atoms with Crippen molar-refractivity contribution < 1.29 is 0 Å². The van der Waals surface area contributed by atoms with E-state index in [1.165, 1.54) is 13.1 Å². The molecular weight excluding hydrogens is 291 g/mol.